The van der Waals surface area contributed by atoms with Crippen LogP contribution in [0.3, 0.4) is 0 Å². The molecule has 1 amide bonds. The molecule has 0 atom stereocenters. The first kappa shape index (κ1) is 15.0. The Bertz CT molecular complexity index is 541. The molecule has 0 aliphatic heterocycles. The molecule has 5 nitrogen and oxygen atoms in total. The molecule has 1 fully saturated rings. The molecule has 0 bridgehead atoms. The van der Waals surface area contributed by atoms with Gasteiger partial charge in [0.1, 0.15) is 5.00 Å². The van der Waals surface area contributed by atoms with Gasteiger partial charge in [-0.05, 0) is 32.3 Å². The summed E-state index contributed by atoms with van der Waals surface area (Å²) in [7, 11) is 1.34. The summed E-state index contributed by atoms with van der Waals surface area (Å²) >= 11 is 1.40. The van der Waals surface area contributed by atoms with Crippen molar-refractivity contribution in [1.82, 2.24) is 0 Å². The molecule has 1 aromatic heterocycles. The fourth-order valence-corrected chi connectivity index (χ4v) is 3.47. The van der Waals surface area contributed by atoms with E-state index in [0.717, 1.165) is 29.7 Å². The number of amides is 1. The lowest BCUT2D eigenvalue weighted by Crippen LogP contribution is -2.47. The number of ether oxygens (including phenoxy) is 1. The van der Waals surface area contributed by atoms with Crippen molar-refractivity contribution in [2.24, 2.45) is 11.1 Å². The van der Waals surface area contributed by atoms with Crippen molar-refractivity contribution in [2.45, 2.75) is 33.1 Å². The first-order valence-corrected chi connectivity index (χ1v) is 7.46. The molecule has 6 heteroatoms. The Labute approximate surface area is 122 Å². The van der Waals surface area contributed by atoms with Gasteiger partial charge in [-0.15, -0.1) is 11.3 Å². The summed E-state index contributed by atoms with van der Waals surface area (Å²) in [6.07, 6.45) is 2.65. The van der Waals surface area contributed by atoms with E-state index >= 15 is 0 Å². The first-order chi connectivity index (χ1) is 9.45. The molecule has 110 valence electrons. The van der Waals surface area contributed by atoms with Crippen molar-refractivity contribution in [3.63, 3.8) is 0 Å². The summed E-state index contributed by atoms with van der Waals surface area (Å²) in [5.41, 5.74) is 6.58. The van der Waals surface area contributed by atoms with Crippen LogP contribution < -0.4 is 11.1 Å². The van der Waals surface area contributed by atoms with E-state index in [2.05, 4.69) is 5.32 Å². The van der Waals surface area contributed by atoms with E-state index in [4.69, 9.17) is 10.5 Å². The molecular weight excluding hydrogens is 276 g/mol. The van der Waals surface area contributed by atoms with Crippen LogP contribution in [-0.4, -0.2) is 25.5 Å². The maximum absolute atomic E-state index is 12.4. The lowest BCUT2D eigenvalue weighted by Gasteiger charge is -2.38. The van der Waals surface area contributed by atoms with Gasteiger partial charge in [-0.2, -0.15) is 0 Å². The van der Waals surface area contributed by atoms with Crippen molar-refractivity contribution < 1.29 is 14.3 Å². The maximum atomic E-state index is 12.4. The number of carbonyl (C=O) groups excluding carboxylic acids is 2. The SMILES string of the molecule is COC(=O)c1c(NC(=O)C2(CN)CCC2)sc(C)c1C. The summed E-state index contributed by atoms with van der Waals surface area (Å²) in [6, 6.07) is 0. The predicted octanol–water partition coefficient (Wildman–Crippen LogP) is 2.22. The number of nitrogens with two attached hydrogens (primary N) is 1. The summed E-state index contributed by atoms with van der Waals surface area (Å²) in [6.45, 7) is 4.12. The van der Waals surface area contributed by atoms with Crippen LogP contribution in [0.5, 0.6) is 0 Å². The summed E-state index contributed by atoms with van der Waals surface area (Å²) < 4.78 is 4.80. The minimum absolute atomic E-state index is 0.0855. The number of rotatable bonds is 4. The second-order valence-electron chi connectivity index (χ2n) is 5.27. The highest BCUT2D eigenvalue weighted by molar-refractivity contribution is 7.16. The highest BCUT2D eigenvalue weighted by atomic mass is 32.1. The van der Waals surface area contributed by atoms with Gasteiger partial charge < -0.3 is 15.8 Å². The van der Waals surface area contributed by atoms with Crippen molar-refractivity contribution in [2.75, 3.05) is 19.0 Å². The number of aryl methyl sites for hydroxylation is 1. The van der Waals surface area contributed by atoms with Crippen molar-refractivity contribution in [1.29, 1.82) is 0 Å². The average Bonchev–Trinajstić information content (AvgIpc) is 2.63. The molecule has 3 N–H and O–H groups in total. The van der Waals surface area contributed by atoms with E-state index < -0.39 is 11.4 Å². The van der Waals surface area contributed by atoms with E-state index in [1.165, 1.54) is 18.4 Å². The molecular formula is C14H20N2O3S. The highest BCUT2D eigenvalue weighted by Crippen LogP contribution is 2.42. The minimum atomic E-state index is -0.459. The maximum Gasteiger partial charge on any atom is 0.341 e. The molecule has 1 aliphatic carbocycles. The van der Waals surface area contributed by atoms with Gasteiger partial charge in [0.05, 0.1) is 18.1 Å². The Hall–Kier alpha value is -1.40. The smallest absolute Gasteiger partial charge is 0.341 e. The van der Waals surface area contributed by atoms with Crippen LogP contribution in [0.4, 0.5) is 5.00 Å². The molecule has 20 heavy (non-hydrogen) atoms. The lowest BCUT2D eigenvalue weighted by atomic mass is 9.68. The Kier molecular flexibility index (Phi) is 4.15. The summed E-state index contributed by atoms with van der Waals surface area (Å²) in [5.74, 6) is -0.504. The lowest BCUT2D eigenvalue weighted by molar-refractivity contribution is -0.129. The molecule has 1 heterocycles. The van der Waals surface area contributed by atoms with E-state index in [0.29, 0.717) is 17.1 Å². The Balaban J connectivity index is 2.27. The Morgan fingerprint density at radius 2 is 2.05 bits per heavy atom. The summed E-state index contributed by atoms with van der Waals surface area (Å²) in [5, 5.41) is 3.45. The van der Waals surface area contributed by atoms with Gasteiger partial charge in [-0.25, -0.2) is 4.79 Å². The average molecular weight is 296 g/mol. The topological polar surface area (TPSA) is 81.4 Å². The van der Waals surface area contributed by atoms with Crippen LogP contribution >= 0.6 is 11.3 Å². The highest BCUT2D eigenvalue weighted by Gasteiger charge is 2.43. The molecule has 0 saturated heterocycles. The number of esters is 1. The fourth-order valence-electron chi connectivity index (χ4n) is 2.43. The standard InChI is InChI=1S/C14H20N2O3S/c1-8-9(2)20-11(10(8)12(17)19-3)16-13(18)14(7-15)5-4-6-14/h4-7,15H2,1-3H3,(H,16,18). The van der Waals surface area contributed by atoms with Gasteiger partial charge in [-0.1, -0.05) is 6.42 Å². The van der Waals surface area contributed by atoms with Gasteiger partial charge in [0.25, 0.3) is 0 Å². The number of hydrogen-bond acceptors (Lipinski definition) is 5. The third kappa shape index (κ3) is 2.33. The van der Waals surface area contributed by atoms with Crippen LogP contribution in [0.1, 0.15) is 40.1 Å². The third-order valence-corrected chi connectivity index (χ3v) is 5.31. The zero-order valence-electron chi connectivity index (χ0n) is 12.0. The number of methoxy groups -OCH3 is 1. The third-order valence-electron chi connectivity index (χ3n) is 4.18. The quantitative estimate of drug-likeness (QED) is 0.835. The molecule has 0 spiro atoms. The van der Waals surface area contributed by atoms with Crippen molar-refractivity contribution in [3.05, 3.63) is 16.0 Å². The van der Waals surface area contributed by atoms with Crippen LogP contribution in [0.15, 0.2) is 0 Å². The van der Waals surface area contributed by atoms with Crippen molar-refractivity contribution in [3.8, 4) is 0 Å². The van der Waals surface area contributed by atoms with Crippen LogP contribution in [0, 0.1) is 19.3 Å². The molecule has 0 aromatic carbocycles. The second-order valence-corrected chi connectivity index (χ2v) is 6.50. The monoisotopic (exact) mass is 296 g/mol. The zero-order chi connectivity index (χ0) is 14.9. The van der Waals surface area contributed by atoms with E-state index in [-0.39, 0.29) is 5.91 Å². The van der Waals surface area contributed by atoms with Gasteiger partial charge in [0.15, 0.2) is 0 Å². The van der Waals surface area contributed by atoms with Crippen LogP contribution in [0.2, 0.25) is 0 Å². The van der Waals surface area contributed by atoms with Gasteiger partial charge >= 0.3 is 5.97 Å². The normalized spacial score (nSPS) is 16.4. The minimum Gasteiger partial charge on any atom is -0.465 e. The zero-order valence-corrected chi connectivity index (χ0v) is 12.9. The largest absolute Gasteiger partial charge is 0.465 e. The molecule has 1 saturated carbocycles. The number of carbonyl (C=O) groups is 2. The number of nitrogens with one attached hydrogen (secondary N) is 1. The predicted molar refractivity (Wildman–Crippen MR) is 79.1 cm³/mol. The van der Waals surface area contributed by atoms with Crippen molar-refractivity contribution >= 4 is 28.2 Å². The molecule has 2 rings (SSSR count). The summed E-state index contributed by atoms with van der Waals surface area (Å²) in [4.78, 5) is 25.3. The van der Waals surface area contributed by atoms with Gasteiger partial charge in [0, 0.05) is 11.4 Å². The Morgan fingerprint density at radius 3 is 2.50 bits per heavy atom. The Morgan fingerprint density at radius 1 is 1.40 bits per heavy atom. The number of hydrogen-bond donors (Lipinski definition) is 2. The first-order valence-electron chi connectivity index (χ1n) is 6.65. The second kappa shape index (κ2) is 5.54. The van der Waals surface area contributed by atoms with E-state index in [1.54, 1.807) is 0 Å². The fraction of sp³-hybridized carbons (Fsp3) is 0.571. The van der Waals surface area contributed by atoms with Crippen LogP contribution in [-0.2, 0) is 9.53 Å². The molecule has 1 aromatic rings. The van der Waals surface area contributed by atoms with E-state index in [9.17, 15) is 9.59 Å². The van der Waals surface area contributed by atoms with Gasteiger partial charge in [-0.3, -0.25) is 4.79 Å². The van der Waals surface area contributed by atoms with Gasteiger partial charge in [0.2, 0.25) is 5.91 Å². The molecule has 0 unspecified atom stereocenters. The van der Waals surface area contributed by atoms with Crippen LogP contribution in [0.25, 0.3) is 0 Å². The molecule has 0 radical (unpaired) electrons. The number of anilines is 1. The molecule has 1 aliphatic rings. The number of thiophene rings is 1. The van der Waals surface area contributed by atoms with E-state index in [1.807, 2.05) is 13.8 Å².